The Balaban J connectivity index is 3.11. The molecule has 0 spiro atoms. The van der Waals surface area contributed by atoms with Crippen molar-refractivity contribution in [2.45, 2.75) is 10.4 Å². The number of alkyl halides is 2. The Morgan fingerprint density at radius 1 is 1.62 bits per heavy atom. The predicted molar refractivity (Wildman–Crippen MR) is 59.5 cm³/mol. The van der Waals surface area contributed by atoms with Gasteiger partial charge in [0.05, 0.1) is 12.5 Å². The molecule has 0 aromatic carbocycles. The molecule has 1 heterocycles. The van der Waals surface area contributed by atoms with E-state index in [1.807, 2.05) is 0 Å². The van der Waals surface area contributed by atoms with Gasteiger partial charge in [0, 0.05) is 0 Å². The quantitative estimate of drug-likeness (QED) is 0.850. The Labute approximate surface area is 103 Å². The third-order valence-corrected chi connectivity index (χ3v) is 2.94. The number of rotatable bonds is 4. The van der Waals surface area contributed by atoms with Crippen LogP contribution >= 0.6 is 23.2 Å². The zero-order chi connectivity index (χ0) is 12.4. The van der Waals surface area contributed by atoms with Crippen molar-refractivity contribution in [2.75, 3.05) is 6.26 Å². The summed E-state index contributed by atoms with van der Waals surface area (Å²) < 4.78 is 27.4. The van der Waals surface area contributed by atoms with Gasteiger partial charge in [-0.05, 0) is 12.1 Å². The first kappa shape index (κ1) is 13.3. The summed E-state index contributed by atoms with van der Waals surface area (Å²) in [5.41, 5.74) is 0. The highest BCUT2D eigenvalue weighted by Gasteiger charge is 2.40. The maximum atomic E-state index is 11.1. The molecule has 0 fully saturated rings. The predicted octanol–water partition coefficient (Wildman–Crippen LogP) is 1.57. The Hall–Kier alpha value is -0.740. The molecule has 0 aliphatic heterocycles. The Morgan fingerprint density at radius 3 is 2.62 bits per heavy atom. The van der Waals surface area contributed by atoms with Crippen LogP contribution in [0.3, 0.4) is 0 Å². The zero-order valence-corrected chi connectivity index (χ0v) is 10.5. The molecule has 8 heteroatoms. The molecule has 0 saturated carbocycles. The molecule has 16 heavy (non-hydrogen) atoms. The molecule has 88 valence electrons. The number of sulfonamides is 1. The van der Waals surface area contributed by atoms with E-state index in [0.29, 0.717) is 0 Å². The van der Waals surface area contributed by atoms with Crippen LogP contribution in [0.1, 0.15) is 11.8 Å². The van der Waals surface area contributed by atoms with Crippen LogP contribution in [-0.4, -0.2) is 19.0 Å². The van der Waals surface area contributed by atoms with Gasteiger partial charge in [-0.1, -0.05) is 23.2 Å². The summed E-state index contributed by atoms with van der Waals surface area (Å²) in [6.07, 6.45) is 2.26. The van der Waals surface area contributed by atoms with Gasteiger partial charge in [-0.3, -0.25) is 0 Å². The number of hydrogen-bond donors (Lipinski definition) is 1. The first-order valence-corrected chi connectivity index (χ1v) is 6.71. The van der Waals surface area contributed by atoms with Crippen LogP contribution < -0.4 is 4.72 Å². The second kappa shape index (κ2) is 4.63. The van der Waals surface area contributed by atoms with E-state index in [0.717, 1.165) is 6.26 Å². The van der Waals surface area contributed by atoms with E-state index in [2.05, 4.69) is 4.72 Å². The van der Waals surface area contributed by atoms with Crippen LogP contribution in [0.2, 0.25) is 0 Å². The molecule has 1 atom stereocenters. The number of nitrogens with one attached hydrogen (secondary N) is 1. The van der Waals surface area contributed by atoms with Gasteiger partial charge >= 0.3 is 0 Å². The van der Waals surface area contributed by atoms with Crippen molar-refractivity contribution >= 4 is 33.2 Å². The summed E-state index contributed by atoms with van der Waals surface area (Å²) in [6.45, 7) is 0. The van der Waals surface area contributed by atoms with Crippen molar-refractivity contribution in [3.63, 3.8) is 0 Å². The average Bonchev–Trinajstić information content (AvgIpc) is 2.65. The number of nitriles is 1. The minimum Gasteiger partial charge on any atom is -0.467 e. The Kier molecular flexibility index (Phi) is 3.86. The molecule has 1 rings (SSSR count). The van der Waals surface area contributed by atoms with Crippen molar-refractivity contribution in [3.8, 4) is 6.07 Å². The summed E-state index contributed by atoms with van der Waals surface area (Å²) in [6, 6.07) is 3.44. The molecular formula is C8H8Cl2N2O3S. The highest BCUT2D eigenvalue weighted by molar-refractivity contribution is 7.88. The molecule has 1 aromatic heterocycles. The highest BCUT2D eigenvalue weighted by atomic mass is 35.5. The molecule has 1 aromatic rings. The van der Waals surface area contributed by atoms with Gasteiger partial charge < -0.3 is 4.42 Å². The van der Waals surface area contributed by atoms with E-state index in [9.17, 15) is 8.42 Å². The Morgan fingerprint density at radius 2 is 2.25 bits per heavy atom. The van der Waals surface area contributed by atoms with Gasteiger partial charge in [0.25, 0.3) is 0 Å². The van der Waals surface area contributed by atoms with Crippen LogP contribution in [0.25, 0.3) is 0 Å². The van der Waals surface area contributed by atoms with Crippen LogP contribution in [0.15, 0.2) is 22.8 Å². The van der Waals surface area contributed by atoms with Gasteiger partial charge in [-0.25, -0.2) is 13.1 Å². The third-order valence-electron chi connectivity index (χ3n) is 1.67. The van der Waals surface area contributed by atoms with E-state index in [1.165, 1.54) is 18.4 Å². The molecule has 0 aliphatic rings. The standard InChI is InChI=1S/C8H8Cl2N2O3S/c1-16(13,14)12-7(8(9,10)5-11)6-3-2-4-15-6/h2-4,7,12H,1H3/t7-/m0/s1. The minimum atomic E-state index is -3.57. The third kappa shape index (κ3) is 3.39. The average molecular weight is 283 g/mol. The lowest BCUT2D eigenvalue weighted by atomic mass is 10.2. The number of hydrogen-bond acceptors (Lipinski definition) is 4. The van der Waals surface area contributed by atoms with Crippen molar-refractivity contribution in [2.24, 2.45) is 0 Å². The van der Waals surface area contributed by atoms with E-state index in [1.54, 1.807) is 6.07 Å². The normalized spacial score (nSPS) is 14.4. The minimum absolute atomic E-state index is 0.164. The fourth-order valence-electron chi connectivity index (χ4n) is 1.04. The lowest BCUT2D eigenvalue weighted by Gasteiger charge is -2.22. The molecule has 0 radical (unpaired) electrons. The molecular weight excluding hydrogens is 275 g/mol. The lowest BCUT2D eigenvalue weighted by Crippen LogP contribution is -2.37. The zero-order valence-electron chi connectivity index (χ0n) is 8.15. The second-order valence-electron chi connectivity index (χ2n) is 3.07. The summed E-state index contributed by atoms with van der Waals surface area (Å²) >= 11 is 11.4. The van der Waals surface area contributed by atoms with Gasteiger partial charge in [-0.2, -0.15) is 5.26 Å². The van der Waals surface area contributed by atoms with Crippen LogP contribution in [0.5, 0.6) is 0 Å². The number of halogens is 2. The van der Waals surface area contributed by atoms with Crippen LogP contribution in [0, 0.1) is 11.3 Å². The smallest absolute Gasteiger partial charge is 0.226 e. The second-order valence-corrected chi connectivity index (χ2v) is 6.24. The van der Waals surface area contributed by atoms with Crippen LogP contribution in [-0.2, 0) is 10.0 Å². The molecule has 0 amide bonds. The van der Waals surface area contributed by atoms with Crippen molar-refractivity contribution in [1.29, 1.82) is 5.26 Å². The van der Waals surface area contributed by atoms with E-state index >= 15 is 0 Å². The summed E-state index contributed by atoms with van der Waals surface area (Å²) in [7, 11) is -3.57. The molecule has 5 nitrogen and oxygen atoms in total. The van der Waals surface area contributed by atoms with E-state index < -0.39 is 20.4 Å². The fraction of sp³-hybridized carbons (Fsp3) is 0.375. The molecule has 0 unspecified atom stereocenters. The molecule has 0 bridgehead atoms. The first-order chi connectivity index (χ1) is 7.26. The van der Waals surface area contributed by atoms with Crippen LogP contribution in [0.4, 0.5) is 0 Å². The largest absolute Gasteiger partial charge is 0.467 e. The maximum absolute atomic E-state index is 11.1. The van der Waals surface area contributed by atoms with Gasteiger partial charge in [0.15, 0.2) is 0 Å². The molecule has 0 saturated heterocycles. The van der Waals surface area contributed by atoms with Crippen molar-refractivity contribution in [3.05, 3.63) is 24.2 Å². The summed E-state index contributed by atoms with van der Waals surface area (Å²) in [5.74, 6) is 0.164. The first-order valence-electron chi connectivity index (χ1n) is 4.06. The Bertz CT molecular complexity index is 490. The van der Waals surface area contributed by atoms with Crippen molar-refractivity contribution < 1.29 is 12.8 Å². The van der Waals surface area contributed by atoms with Gasteiger partial charge in [0.1, 0.15) is 17.9 Å². The topological polar surface area (TPSA) is 83.1 Å². The van der Waals surface area contributed by atoms with E-state index in [4.69, 9.17) is 32.9 Å². The lowest BCUT2D eigenvalue weighted by molar-refractivity contribution is 0.440. The summed E-state index contributed by atoms with van der Waals surface area (Å²) in [4.78, 5) is 0. The fourth-order valence-corrected chi connectivity index (χ4v) is 2.22. The van der Waals surface area contributed by atoms with E-state index in [-0.39, 0.29) is 5.76 Å². The molecule has 1 N–H and O–H groups in total. The number of furan rings is 1. The maximum Gasteiger partial charge on any atom is 0.226 e. The molecule has 0 aliphatic carbocycles. The summed E-state index contributed by atoms with van der Waals surface area (Å²) in [5, 5.41) is 8.77. The highest BCUT2D eigenvalue weighted by Crippen LogP contribution is 2.36. The monoisotopic (exact) mass is 282 g/mol. The SMILES string of the molecule is CS(=O)(=O)N[C@@H](c1ccco1)C(Cl)(Cl)C#N. The number of nitrogens with zero attached hydrogens (tertiary/aromatic N) is 1. The van der Waals surface area contributed by atoms with Crippen molar-refractivity contribution in [1.82, 2.24) is 4.72 Å². The van der Waals surface area contributed by atoms with Gasteiger partial charge in [-0.15, -0.1) is 0 Å². The van der Waals surface area contributed by atoms with Gasteiger partial charge in [0.2, 0.25) is 14.4 Å².